The quantitative estimate of drug-likeness (QED) is 0.390. The van der Waals surface area contributed by atoms with Crippen molar-refractivity contribution in [3.8, 4) is 0 Å². The standard InChI is InChI=1S/C5H6NO2/c1-2-5(3-7)6-4-8/h2,4-5H,1H2,(H,6,8). The summed E-state index contributed by atoms with van der Waals surface area (Å²) in [5.41, 5.74) is 0. The van der Waals surface area contributed by atoms with E-state index in [4.69, 9.17) is 0 Å². The van der Waals surface area contributed by atoms with Crippen molar-refractivity contribution in [3.05, 3.63) is 12.7 Å². The Morgan fingerprint density at radius 3 is 2.50 bits per heavy atom. The lowest BCUT2D eigenvalue weighted by molar-refractivity contribution is -0.109. The van der Waals surface area contributed by atoms with Gasteiger partial charge in [0.1, 0.15) is 6.04 Å². The fraction of sp³-hybridized carbons (Fsp3) is 0.200. The number of carbonyl (C=O) groups excluding carboxylic acids is 2. The van der Waals surface area contributed by atoms with Crippen molar-refractivity contribution in [2.45, 2.75) is 6.04 Å². The molecule has 3 nitrogen and oxygen atoms in total. The zero-order valence-corrected chi connectivity index (χ0v) is 4.26. The minimum Gasteiger partial charge on any atom is -0.345 e. The van der Waals surface area contributed by atoms with Crippen molar-refractivity contribution in [1.29, 1.82) is 0 Å². The van der Waals surface area contributed by atoms with Gasteiger partial charge >= 0.3 is 0 Å². The zero-order chi connectivity index (χ0) is 6.41. The average Bonchev–Trinajstić information content (AvgIpc) is 1.83. The summed E-state index contributed by atoms with van der Waals surface area (Å²) in [6.07, 6.45) is 3.26. The Labute approximate surface area is 47.4 Å². The van der Waals surface area contributed by atoms with E-state index in [1.165, 1.54) is 6.08 Å². The summed E-state index contributed by atoms with van der Waals surface area (Å²) < 4.78 is 0. The highest BCUT2D eigenvalue weighted by atomic mass is 16.1. The van der Waals surface area contributed by atoms with Crippen LogP contribution in [-0.2, 0) is 9.59 Å². The van der Waals surface area contributed by atoms with E-state index in [9.17, 15) is 9.59 Å². The molecule has 0 aromatic carbocycles. The fourth-order valence-electron chi connectivity index (χ4n) is 0.223. The van der Waals surface area contributed by atoms with Crippen LogP contribution >= 0.6 is 0 Å². The number of amides is 1. The van der Waals surface area contributed by atoms with Gasteiger partial charge in [0.25, 0.3) is 0 Å². The fourth-order valence-corrected chi connectivity index (χ4v) is 0.223. The Morgan fingerprint density at radius 1 is 1.75 bits per heavy atom. The van der Waals surface area contributed by atoms with Crippen molar-refractivity contribution in [2.24, 2.45) is 0 Å². The summed E-state index contributed by atoms with van der Waals surface area (Å²) in [4.78, 5) is 19.3. The van der Waals surface area contributed by atoms with Gasteiger partial charge in [-0.05, 0) is 0 Å². The number of hydrogen-bond acceptors (Lipinski definition) is 2. The lowest BCUT2D eigenvalue weighted by Gasteiger charge is -1.96. The van der Waals surface area contributed by atoms with Gasteiger partial charge in [0.2, 0.25) is 12.7 Å². The largest absolute Gasteiger partial charge is 0.345 e. The van der Waals surface area contributed by atoms with E-state index in [1.807, 2.05) is 0 Å². The van der Waals surface area contributed by atoms with Crippen LogP contribution in [0.5, 0.6) is 0 Å². The molecule has 0 spiro atoms. The van der Waals surface area contributed by atoms with Crippen LogP contribution in [0.15, 0.2) is 12.7 Å². The monoisotopic (exact) mass is 112 g/mol. The van der Waals surface area contributed by atoms with Gasteiger partial charge in [0.15, 0.2) is 0 Å². The minimum atomic E-state index is -0.660. The molecule has 3 heteroatoms. The molecule has 0 heterocycles. The summed E-state index contributed by atoms with van der Waals surface area (Å²) >= 11 is 0. The number of hydrogen-bond donors (Lipinski definition) is 1. The van der Waals surface area contributed by atoms with Gasteiger partial charge in [-0.2, -0.15) is 0 Å². The molecule has 1 unspecified atom stereocenters. The molecule has 0 aliphatic rings. The molecule has 1 N–H and O–H groups in total. The van der Waals surface area contributed by atoms with Crippen molar-refractivity contribution < 1.29 is 9.59 Å². The molecule has 0 saturated carbocycles. The summed E-state index contributed by atoms with van der Waals surface area (Å²) in [5.74, 6) is 0. The first-order chi connectivity index (χ1) is 3.85. The van der Waals surface area contributed by atoms with Crippen LogP contribution in [0.1, 0.15) is 0 Å². The predicted molar refractivity (Wildman–Crippen MR) is 28.9 cm³/mol. The number of carbonyl (C=O) groups is 1. The lowest BCUT2D eigenvalue weighted by Crippen LogP contribution is -2.26. The van der Waals surface area contributed by atoms with Crippen LogP contribution in [0, 0.1) is 0 Å². The minimum absolute atomic E-state index is 0.428. The molecule has 8 heavy (non-hydrogen) atoms. The molecule has 0 rings (SSSR count). The average molecular weight is 112 g/mol. The highest BCUT2D eigenvalue weighted by Crippen LogP contribution is 1.72. The topological polar surface area (TPSA) is 46.2 Å². The molecule has 0 saturated heterocycles. The smallest absolute Gasteiger partial charge is 0.227 e. The van der Waals surface area contributed by atoms with Crippen LogP contribution in [0.2, 0.25) is 0 Å². The molecule has 1 radical (unpaired) electrons. The van der Waals surface area contributed by atoms with Gasteiger partial charge < -0.3 is 5.32 Å². The summed E-state index contributed by atoms with van der Waals surface area (Å²) in [6.45, 7) is 3.27. The van der Waals surface area contributed by atoms with Crippen LogP contribution in [-0.4, -0.2) is 18.7 Å². The second-order valence-corrected chi connectivity index (χ2v) is 1.12. The molecular formula is C5H6NO2. The van der Waals surface area contributed by atoms with Crippen molar-refractivity contribution >= 4 is 12.7 Å². The van der Waals surface area contributed by atoms with Crippen LogP contribution in [0.3, 0.4) is 0 Å². The lowest BCUT2D eigenvalue weighted by atomic mass is 10.3. The van der Waals surface area contributed by atoms with Crippen LogP contribution in [0.25, 0.3) is 0 Å². The maximum atomic E-state index is 9.71. The maximum Gasteiger partial charge on any atom is 0.227 e. The molecule has 0 fully saturated rings. The third-order valence-corrected chi connectivity index (χ3v) is 0.610. The second kappa shape index (κ2) is 4.05. The molecule has 0 aliphatic heterocycles. The predicted octanol–water partition coefficient (Wildman–Crippen LogP) is -0.603. The normalized spacial score (nSPS) is 11.5. The molecule has 43 valence electrons. The molecule has 1 atom stereocenters. The van der Waals surface area contributed by atoms with Crippen LogP contribution in [0.4, 0.5) is 0 Å². The van der Waals surface area contributed by atoms with E-state index in [1.54, 1.807) is 6.29 Å². The van der Waals surface area contributed by atoms with Crippen molar-refractivity contribution in [2.75, 3.05) is 0 Å². The molecule has 0 aromatic rings. The van der Waals surface area contributed by atoms with Crippen molar-refractivity contribution in [3.63, 3.8) is 0 Å². The summed E-state index contributed by atoms with van der Waals surface area (Å²) in [7, 11) is 0. The van der Waals surface area contributed by atoms with Gasteiger partial charge in [-0.15, -0.1) is 6.58 Å². The van der Waals surface area contributed by atoms with E-state index in [2.05, 4.69) is 11.9 Å². The maximum absolute atomic E-state index is 9.71. The zero-order valence-electron chi connectivity index (χ0n) is 4.26. The Hall–Kier alpha value is -1.12. The van der Waals surface area contributed by atoms with Gasteiger partial charge in [-0.3, -0.25) is 9.59 Å². The second-order valence-electron chi connectivity index (χ2n) is 1.12. The van der Waals surface area contributed by atoms with E-state index < -0.39 is 6.04 Å². The highest BCUT2D eigenvalue weighted by molar-refractivity contribution is 5.66. The van der Waals surface area contributed by atoms with Crippen LogP contribution < -0.4 is 5.32 Å². The first kappa shape index (κ1) is 6.88. The van der Waals surface area contributed by atoms with E-state index in [0.717, 1.165) is 0 Å². The molecule has 0 bridgehead atoms. The van der Waals surface area contributed by atoms with Gasteiger partial charge in [-0.25, -0.2) is 0 Å². The molecule has 0 aromatic heterocycles. The Balaban J connectivity index is 3.50. The van der Waals surface area contributed by atoms with Gasteiger partial charge in [0.05, 0.1) is 0 Å². The Kier molecular flexibility index (Phi) is 3.48. The summed E-state index contributed by atoms with van der Waals surface area (Å²) in [5, 5.41) is 2.16. The van der Waals surface area contributed by atoms with E-state index in [0.29, 0.717) is 6.41 Å². The molecule has 1 amide bonds. The van der Waals surface area contributed by atoms with E-state index in [-0.39, 0.29) is 0 Å². The molecule has 0 aliphatic carbocycles. The first-order valence-corrected chi connectivity index (χ1v) is 2.05. The van der Waals surface area contributed by atoms with Gasteiger partial charge in [-0.1, -0.05) is 6.08 Å². The number of rotatable bonds is 4. The van der Waals surface area contributed by atoms with Crippen molar-refractivity contribution in [1.82, 2.24) is 5.32 Å². The third-order valence-electron chi connectivity index (χ3n) is 0.610. The third kappa shape index (κ3) is 2.12. The SMILES string of the molecule is C=CC([C]=O)NC=O. The van der Waals surface area contributed by atoms with E-state index >= 15 is 0 Å². The van der Waals surface area contributed by atoms with Gasteiger partial charge in [0, 0.05) is 0 Å². The Bertz CT molecular complexity index is 92.6. The molecular weight excluding hydrogens is 106 g/mol. The highest BCUT2D eigenvalue weighted by Gasteiger charge is 1.96. The first-order valence-electron chi connectivity index (χ1n) is 2.05. The Morgan fingerprint density at radius 2 is 2.38 bits per heavy atom. The summed E-state index contributed by atoms with van der Waals surface area (Å²) in [6, 6.07) is -0.660. The number of nitrogens with one attached hydrogen (secondary N) is 1.